The van der Waals surface area contributed by atoms with Crippen molar-refractivity contribution in [1.82, 2.24) is 5.32 Å². The van der Waals surface area contributed by atoms with Gasteiger partial charge in [-0.2, -0.15) is 0 Å². The van der Waals surface area contributed by atoms with Crippen LogP contribution >= 0.6 is 0 Å². The maximum absolute atomic E-state index is 11.5. The minimum Gasteiger partial charge on any atom is -0.444 e. The maximum Gasteiger partial charge on any atom is 0.407 e. The van der Waals surface area contributed by atoms with Crippen molar-refractivity contribution < 1.29 is 19.7 Å². The lowest BCUT2D eigenvalue weighted by Gasteiger charge is -2.32. The number of amides is 1. The molecule has 94 valence electrons. The molecule has 1 amide bonds. The second-order valence-electron chi connectivity index (χ2n) is 5.24. The second kappa shape index (κ2) is 5.01. The summed E-state index contributed by atoms with van der Waals surface area (Å²) >= 11 is 0. The molecule has 0 saturated heterocycles. The molecule has 1 aliphatic carbocycles. The Bertz CT molecular complexity index is 249. The van der Waals surface area contributed by atoms with E-state index in [1.54, 1.807) is 20.8 Å². The average Bonchev–Trinajstić information content (AvgIpc) is 2.09. The van der Waals surface area contributed by atoms with Gasteiger partial charge in [0.15, 0.2) is 0 Å². The number of ether oxygens (including phenoxy) is 1. The van der Waals surface area contributed by atoms with E-state index in [9.17, 15) is 15.0 Å². The summed E-state index contributed by atoms with van der Waals surface area (Å²) in [7, 11) is 0. The van der Waals surface area contributed by atoms with E-state index in [2.05, 4.69) is 5.32 Å². The van der Waals surface area contributed by atoms with E-state index in [4.69, 9.17) is 4.74 Å². The third kappa shape index (κ3) is 3.98. The number of carbonyl (C=O) groups excluding carboxylic acids is 1. The smallest absolute Gasteiger partial charge is 0.407 e. The Morgan fingerprint density at radius 3 is 2.50 bits per heavy atom. The van der Waals surface area contributed by atoms with Crippen LogP contribution in [0.15, 0.2) is 0 Å². The van der Waals surface area contributed by atoms with Crippen molar-refractivity contribution >= 4 is 6.09 Å². The van der Waals surface area contributed by atoms with Gasteiger partial charge in [-0.3, -0.25) is 0 Å². The van der Waals surface area contributed by atoms with E-state index in [-0.39, 0.29) is 0 Å². The Balaban J connectivity index is 2.44. The van der Waals surface area contributed by atoms with E-state index >= 15 is 0 Å². The predicted molar refractivity (Wildman–Crippen MR) is 59.0 cm³/mol. The lowest BCUT2D eigenvalue weighted by molar-refractivity contribution is -0.0321. The van der Waals surface area contributed by atoms with Crippen LogP contribution < -0.4 is 5.32 Å². The van der Waals surface area contributed by atoms with Crippen LogP contribution in [0.25, 0.3) is 0 Å². The van der Waals surface area contributed by atoms with Crippen molar-refractivity contribution in [3.05, 3.63) is 0 Å². The molecule has 3 N–H and O–H groups in total. The number of nitrogens with one attached hydrogen (secondary N) is 1. The van der Waals surface area contributed by atoms with Crippen LogP contribution in [-0.2, 0) is 4.74 Å². The fourth-order valence-electron chi connectivity index (χ4n) is 1.77. The highest BCUT2D eigenvalue weighted by atomic mass is 16.6. The number of alkyl carbamates (subject to hydrolysis) is 1. The first kappa shape index (κ1) is 13.3. The molecule has 16 heavy (non-hydrogen) atoms. The van der Waals surface area contributed by atoms with Gasteiger partial charge >= 0.3 is 6.09 Å². The van der Waals surface area contributed by atoms with Gasteiger partial charge in [-0.25, -0.2) is 4.79 Å². The fraction of sp³-hybridized carbons (Fsp3) is 0.909. The van der Waals surface area contributed by atoms with E-state index in [0.717, 1.165) is 6.42 Å². The third-order valence-electron chi connectivity index (χ3n) is 2.52. The Kier molecular flexibility index (Phi) is 4.15. The Labute approximate surface area is 95.8 Å². The second-order valence-corrected chi connectivity index (χ2v) is 5.24. The van der Waals surface area contributed by atoms with Gasteiger partial charge in [-0.1, -0.05) is 0 Å². The lowest BCUT2D eigenvalue weighted by atomic mass is 9.90. The van der Waals surface area contributed by atoms with E-state index in [1.165, 1.54) is 0 Å². The van der Waals surface area contributed by atoms with Crippen LogP contribution in [0.1, 0.15) is 40.0 Å². The first-order chi connectivity index (χ1) is 7.29. The summed E-state index contributed by atoms with van der Waals surface area (Å²) in [4.78, 5) is 11.5. The molecule has 3 atom stereocenters. The highest BCUT2D eigenvalue weighted by Crippen LogP contribution is 2.19. The zero-order chi connectivity index (χ0) is 12.3. The zero-order valence-corrected chi connectivity index (χ0v) is 10.1. The predicted octanol–water partition coefficient (Wildman–Crippen LogP) is 0.785. The third-order valence-corrected chi connectivity index (χ3v) is 2.52. The largest absolute Gasteiger partial charge is 0.444 e. The number of rotatable bonds is 1. The van der Waals surface area contributed by atoms with E-state index < -0.39 is 29.9 Å². The van der Waals surface area contributed by atoms with Gasteiger partial charge in [0.05, 0.1) is 12.1 Å². The maximum atomic E-state index is 11.5. The van der Waals surface area contributed by atoms with Crippen LogP contribution in [0.2, 0.25) is 0 Å². The number of carbonyl (C=O) groups is 1. The molecular weight excluding hydrogens is 210 g/mol. The molecule has 1 saturated carbocycles. The molecule has 0 unspecified atom stereocenters. The SMILES string of the molecule is CC(C)(C)OC(=O)N[C@@H]1CCC[C@@H](O)[C@H]1O. The summed E-state index contributed by atoms with van der Waals surface area (Å²) in [5.41, 5.74) is -0.553. The molecule has 0 bridgehead atoms. The monoisotopic (exact) mass is 231 g/mol. The van der Waals surface area contributed by atoms with Gasteiger partial charge < -0.3 is 20.3 Å². The summed E-state index contributed by atoms with van der Waals surface area (Å²) < 4.78 is 5.08. The lowest BCUT2D eigenvalue weighted by Crippen LogP contribution is -2.51. The molecule has 1 fully saturated rings. The van der Waals surface area contributed by atoms with Crippen molar-refractivity contribution in [2.24, 2.45) is 0 Å². The summed E-state index contributed by atoms with van der Waals surface area (Å²) in [5, 5.41) is 21.7. The molecule has 0 aromatic heterocycles. The number of hydrogen-bond donors (Lipinski definition) is 3. The fourth-order valence-corrected chi connectivity index (χ4v) is 1.77. The molecule has 0 heterocycles. The quantitative estimate of drug-likeness (QED) is 0.623. The van der Waals surface area contributed by atoms with Crippen molar-refractivity contribution in [1.29, 1.82) is 0 Å². The number of hydrogen-bond acceptors (Lipinski definition) is 4. The topological polar surface area (TPSA) is 78.8 Å². The first-order valence-electron chi connectivity index (χ1n) is 5.65. The minimum atomic E-state index is -0.902. The van der Waals surface area contributed by atoms with Gasteiger partial charge in [0, 0.05) is 0 Å². The molecule has 0 radical (unpaired) electrons. The molecule has 0 aromatic carbocycles. The van der Waals surface area contributed by atoms with Gasteiger partial charge in [-0.05, 0) is 40.0 Å². The Morgan fingerprint density at radius 1 is 1.31 bits per heavy atom. The van der Waals surface area contributed by atoms with E-state index in [1.807, 2.05) is 0 Å². The normalized spacial score (nSPS) is 30.9. The molecule has 0 spiro atoms. The molecule has 1 rings (SSSR count). The molecule has 5 heteroatoms. The van der Waals surface area contributed by atoms with Gasteiger partial charge in [0.1, 0.15) is 11.7 Å². The van der Waals surface area contributed by atoms with Crippen LogP contribution in [0.3, 0.4) is 0 Å². The molecule has 0 aliphatic heterocycles. The standard InChI is InChI=1S/C11H21NO4/c1-11(2,3)16-10(15)12-7-5-4-6-8(13)9(7)14/h7-9,13-14H,4-6H2,1-3H3,(H,12,15)/t7-,8-,9+/m1/s1. The summed E-state index contributed by atoms with van der Waals surface area (Å²) in [6.07, 6.45) is -0.176. The minimum absolute atomic E-state index is 0.418. The number of aliphatic hydroxyl groups excluding tert-OH is 2. The molecule has 0 aromatic rings. The average molecular weight is 231 g/mol. The summed E-state index contributed by atoms with van der Waals surface area (Å²) in [5.74, 6) is 0. The van der Waals surface area contributed by atoms with Crippen molar-refractivity contribution in [2.45, 2.75) is 63.9 Å². The Hall–Kier alpha value is -0.810. The van der Waals surface area contributed by atoms with Crippen LogP contribution in [0.5, 0.6) is 0 Å². The van der Waals surface area contributed by atoms with Crippen molar-refractivity contribution in [3.8, 4) is 0 Å². The van der Waals surface area contributed by atoms with Crippen molar-refractivity contribution in [2.75, 3.05) is 0 Å². The zero-order valence-electron chi connectivity index (χ0n) is 10.1. The molecular formula is C11H21NO4. The number of aliphatic hydroxyl groups is 2. The van der Waals surface area contributed by atoms with Crippen LogP contribution in [-0.4, -0.2) is 40.2 Å². The van der Waals surface area contributed by atoms with Crippen LogP contribution in [0, 0.1) is 0 Å². The Morgan fingerprint density at radius 2 is 1.94 bits per heavy atom. The highest BCUT2D eigenvalue weighted by Gasteiger charge is 2.32. The molecule has 1 aliphatic rings. The van der Waals surface area contributed by atoms with Crippen molar-refractivity contribution in [3.63, 3.8) is 0 Å². The van der Waals surface area contributed by atoms with Gasteiger partial charge in [0.2, 0.25) is 0 Å². The highest BCUT2D eigenvalue weighted by molar-refractivity contribution is 5.68. The summed E-state index contributed by atoms with van der Waals surface area (Å²) in [6.45, 7) is 5.33. The summed E-state index contributed by atoms with van der Waals surface area (Å²) in [6, 6.07) is -0.418. The first-order valence-corrected chi connectivity index (χ1v) is 5.65. The van der Waals surface area contributed by atoms with Crippen LogP contribution in [0.4, 0.5) is 4.79 Å². The van der Waals surface area contributed by atoms with Gasteiger partial charge in [0.25, 0.3) is 0 Å². The molecule has 5 nitrogen and oxygen atoms in total. The van der Waals surface area contributed by atoms with E-state index in [0.29, 0.717) is 12.8 Å². The van der Waals surface area contributed by atoms with Gasteiger partial charge in [-0.15, -0.1) is 0 Å².